The molecule has 0 N–H and O–H groups in total. The number of hydrogen-bond acceptors (Lipinski definition) is 1. The van der Waals surface area contributed by atoms with E-state index < -0.39 is 0 Å². The first-order chi connectivity index (χ1) is 6.84. The number of benzene rings is 1. The molecular weight excluding hydrogens is 172 g/mol. The standard InChI is InChI=1S/C13H20O/c1-3-4-7-10-14-11-13-9-6-5-8-12(13)2/h5-6,8-9H,3-4,7,10-11H2,1-2H3. The van der Waals surface area contributed by atoms with Crippen LogP contribution in [0.5, 0.6) is 0 Å². The Hall–Kier alpha value is -0.820. The lowest BCUT2D eigenvalue weighted by Gasteiger charge is -2.06. The van der Waals surface area contributed by atoms with E-state index in [1.165, 1.54) is 30.4 Å². The molecule has 0 aliphatic carbocycles. The van der Waals surface area contributed by atoms with Crippen molar-refractivity contribution in [1.29, 1.82) is 0 Å². The van der Waals surface area contributed by atoms with Crippen LogP contribution in [-0.2, 0) is 11.3 Å². The molecule has 0 aliphatic heterocycles. The lowest BCUT2D eigenvalue weighted by molar-refractivity contribution is 0.116. The van der Waals surface area contributed by atoms with Crippen LogP contribution in [0, 0.1) is 6.92 Å². The quantitative estimate of drug-likeness (QED) is 0.624. The van der Waals surface area contributed by atoms with Crippen LogP contribution in [0.15, 0.2) is 24.3 Å². The largest absolute Gasteiger partial charge is 0.377 e. The molecule has 1 aromatic rings. The molecule has 1 heteroatoms. The van der Waals surface area contributed by atoms with Crippen LogP contribution in [0.4, 0.5) is 0 Å². The van der Waals surface area contributed by atoms with Crippen LogP contribution < -0.4 is 0 Å². The van der Waals surface area contributed by atoms with Crippen molar-refractivity contribution in [3.8, 4) is 0 Å². The van der Waals surface area contributed by atoms with Gasteiger partial charge in [-0.1, -0.05) is 44.0 Å². The van der Waals surface area contributed by atoms with Crippen molar-refractivity contribution in [3.63, 3.8) is 0 Å². The summed E-state index contributed by atoms with van der Waals surface area (Å²) in [5, 5.41) is 0. The van der Waals surface area contributed by atoms with Gasteiger partial charge in [-0.3, -0.25) is 0 Å². The molecule has 0 radical (unpaired) electrons. The summed E-state index contributed by atoms with van der Waals surface area (Å²) in [6.07, 6.45) is 3.71. The minimum absolute atomic E-state index is 0.760. The molecular formula is C13H20O. The molecule has 0 unspecified atom stereocenters. The zero-order chi connectivity index (χ0) is 10.2. The van der Waals surface area contributed by atoms with Crippen LogP contribution in [0.1, 0.15) is 37.3 Å². The Labute approximate surface area is 87.1 Å². The molecule has 1 rings (SSSR count). The van der Waals surface area contributed by atoms with E-state index in [1.54, 1.807) is 0 Å². The fourth-order valence-electron chi connectivity index (χ4n) is 1.41. The van der Waals surface area contributed by atoms with E-state index in [1.807, 2.05) is 0 Å². The Bertz CT molecular complexity index is 255. The maximum Gasteiger partial charge on any atom is 0.0719 e. The van der Waals surface area contributed by atoms with Crippen LogP contribution in [0.25, 0.3) is 0 Å². The van der Waals surface area contributed by atoms with E-state index in [4.69, 9.17) is 4.74 Å². The Morgan fingerprint density at radius 3 is 2.64 bits per heavy atom. The van der Waals surface area contributed by atoms with Gasteiger partial charge in [-0.25, -0.2) is 0 Å². The molecule has 0 heterocycles. The second kappa shape index (κ2) is 6.61. The molecule has 0 saturated heterocycles. The maximum absolute atomic E-state index is 5.60. The first-order valence-corrected chi connectivity index (χ1v) is 5.47. The number of rotatable bonds is 6. The fraction of sp³-hybridized carbons (Fsp3) is 0.538. The van der Waals surface area contributed by atoms with E-state index in [2.05, 4.69) is 38.1 Å². The van der Waals surface area contributed by atoms with Gasteiger partial charge in [0.15, 0.2) is 0 Å². The van der Waals surface area contributed by atoms with E-state index in [9.17, 15) is 0 Å². The Balaban J connectivity index is 2.21. The van der Waals surface area contributed by atoms with E-state index in [-0.39, 0.29) is 0 Å². The summed E-state index contributed by atoms with van der Waals surface area (Å²) in [7, 11) is 0. The Morgan fingerprint density at radius 2 is 1.93 bits per heavy atom. The second-order valence-corrected chi connectivity index (χ2v) is 3.69. The van der Waals surface area contributed by atoms with Gasteiger partial charge in [0.2, 0.25) is 0 Å². The van der Waals surface area contributed by atoms with Crippen molar-refractivity contribution in [1.82, 2.24) is 0 Å². The highest BCUT2D eigenvalue weighted by molar-refractivity contribution is 5.24. The molecule has 0 atom stereocenters. The van der Waals surface area contributed by atoms with Crippen molar-refractivity contribution in [2.24, 2.45) is 0 Å². The van der Waals surface area contributed by atoms with Gasteiger partial charge in [0.1, 0.15) is 0 Å². The summed E-state index contributed by atoms with van der Waals surface area (Å²) in [6.45, 7) is 5.99. The summed E-state index contributed by atoms with van der Waals surface area (Å²) >= 11 is 0. The summed E-state index contributed by atoms with van der Waals surface area (Å²) in [6, 6.07) is 8.40. The summed E-state index contributed by atoms with van der Waals surface area (Å²) < 4.78 is 5.60. The van der Waals surface area contributed by atoms with Gasteiger partial charge in [0, 0.05) is 6.61 Å². The zero-order valence-corrected chi connectivity index (χ0v) is 9.25. The normalized spacial score (nSPS) is 10.4. The predicted octanol–water partition coefficient (Wildman–Crippen LogP) is 3.70. The molecule has 0 aliphatic rings. The smallest absolute Gasteiger partial charge is 0.0719 e. The highest BCUT2D eigenvalue weighted by Crippen LogP contribution is 2.08. The fourth-order valence-corrected chi connectivity index (χ4v) is 1.41. The third kappa shape index (κ3) is 3.93. The summed E-state index contributed by atoms with van der Waals surface area (Å²) in [5.41, 5.74) is 2.63. The minimum atomic E-state index is 0.760. The highest BCUT2D eigenvalue weighted by Gasteiger charge is 1.96. The van der Waals surface area contributed by atoms with Gasteiger partial charge in [0.25, 0.3) is 0 Å². The first-order valence-electron chi connectivity index (χ1n) is 5.47. The molecule has 0 spiro atoms. The molecule has 0 amide bonds. The van der Waals surface area contributed by atoms with E-state index in [0.29, 0.717) is 0 Å². The number of aryl methyl sites for hydroxylation is 1. The van der Waals surface area contributed by atoms with Gasteiger partial charge >= 0.3 is 0 Å². The van der Waals surface area contributed by atoms with Gasteiger partial charge in [-0.15, -0.1) is 0 Å². The third-order valence-electron chi connectivity index (χ3n) is 2.41. The monoisotopic (exact) mass is 192 g/mol. The number of ether oxygens (including phenoxy) is 1. The second-order valence-electron chi connectivity index (χ2n) is 3.69. The Kier molecular flexibility index (Phi) is 5.31. The molecule has 78 valence electrons. The van der Waals surface area contributed by atoms with Crippen LogP contribution in [0.2, 0.25) is 0 Å². The molecule has 1 nitrogen and oxygen atoms in total. The summed E-state index contributed by atoms with van der Waals surface area (Å²) in [5.74, 6) is 0. The minimum Gasteiger partial charge on any atom is -0.377 e. The average molecular weight is 192 g/mol. The SMILES string of the molecule is CCCCCOCc1ccccc1C. The topological polar surface area (TPSA) is 9.23 Å². The van der Waals surface area contributed by atoms with Gasteiger partial charge < -0.3 is 4.74 Å². The van der Waals surface area contributed by atoms with E-state index in [0.717, 1.165) is 13.2 Å². The molecule has 1 aromatic carbocycles. The number of hydrogen-bond donors (Lipinski definition) is 0. The maximum atomic E-state index is 5.60. The molecule has 14 heavy (non-hydrogen) atoms. The lowest BCUT2D eigenvalue weighted by Crippen LogP contribution is -1.97. The van der Waals surface area contributed by atoms with Crippen LogP contribution in [-0.4, -0.2) is 6.61 Å². The zero-order valence-electron chi connectivity index (χ0n) is 9.25. The van der Waals surface area contributed by atoms with Crippen molar-refractivity contribution in [2.75, 3.05) is 6.61 Å². The molecule has 0 bridgehead atoms. The molecule has 0 fully saturated rings. The molecule has 0 aromatic heterocycles. The first kappa shape index (κ1) is 11.3. The predicted molar refractivity (Wildman–Crippen MR) is 60.4 cm³/mol. The number of unbranched alkanes of at least 4 members (excludes halogenated alkanes) is 2. The van der Waals surface area contributed by atoms with Gasteiger partial charge in [-0.05, 0) is 24.5 Å². The molecule has 0 saturated carbocycles. The average Bonchev–Trinajstić information content (AvgIpc) is 2.20. The lowest BCUT2D eigenvalue weighted by atomic mass is 10.1. The van der Waals surface area contributed by atoms with E-state index >= 15 is 0 Å². The van der Waals surface area contributed by atoms with Gasteiger partial charge in [-0.2, -0.15) is 0 Å². The summed E-state index contributed by atoms with van der Waals surface area (Å²) in [4.78, 5) is 0. The van der Waals surface area contributed by atoms with Crippen molar-refractivity contribution >= 4 is 0 Å². The van der Waals surface area contributed by atoms with Crippen molar-refractivity contribution < 1.29 is 4.74 Å². The van der Waals surface area contributed by atoms with Crippen LogP contribution in [0.3, 0.4) is 0 Å². The highest BCUT2D eigenvalue weighted by atomic mass is 16.5. The van der Waals surface area contributed by atoms with Gasteiger partial charge in [0.05, 0.1) is 6.61 Å². The van der Waals surface area contributed by atoms with Crippen molar-refractivity contribution in [2.45, 2.75) is 39.7 Å². The third-order valence-corrected chi connectivity index (χ3v) is 2.41. The van der Waals surface area contributed by atoms with Crippen molar-refractivity contribution in [3.05, 3.63) is 35.4 Å². The van der Waals surface area contributed by atoms with Crippen LogP contribution >= 0.6 is 0 Å². The Morgan fingerprint density at radius 1 is 1.14 bits per heavy atom.